The SMILES string of the molecule is CC(C)CCC[C@@H](C)C1CCC2[C@@H]3CC=C4C[C@@H](CCCCCC(=O)CCCC(=O)CCN)CCC4(C)C3CCC21C. The van der Waals surface area contributed by atoms with Gasteiger partial charge in [-0.15, -0.1) is 0 Å². The van der Waals surface area contributed by atoms with E-state index in [4.69, 9.17) is 5.73 Å². The van der Waals surface area contributed by atoms with Gasteiger partial charge in [0.1, 0.15) is 11.6 Å². The lowest BCUT2D eigenvalue weighted by atomic mass is 9.46. The van der Waals surface area contributed by atoms with Crippen molar-refractivity contribution in [1.29, 1.82) is 0 Å². The van der Waals surface area contributed by atoms with Crippen LogP contribution in [0.4, 0.5) is 0 Å². The molecule has 0 aromatic carbocycles. The molecule has 2 N–H and O–H groups in total. The average Bonchev–Trinajstić information content (AvgIpc) is 3.30. The van der Waals surface area contributed by atoms with E-state index >= 15 is 0 Å². The number of fused-ring (bicyclic) bond motifs is 5. The van der Waals surface area contributed by atoms with Crippen LogP contribution in [0.2, 0.25) is 0 Å². The van der Waals surface area contributed by atoms with Gasteiger partial charge in [-0.2, -0.15) is 0 Å². The van der Waals surface area contributed by atoms with Gasteiger partial charge in [-0.3, -0.25) is 9.59 Å². The predicted octanol–water partition coefficient (Wildman–Crippen LogP) is 10.3. The highest BCUT2D eigenvalue weighted by Crippen LogP contribution is 2.67. The Bertz CT molecular complexity index is 921. The zero-order chi connectivity index (χ0) is 30.3. The minimum Gasteiger partial charge on any atom is -0.330 e. The minimum atomic E-state index is 0.198. The molecule has 0 spiro atoms. The second-order valence-electron chi connectivity index (χ2n) is 16.5. The Morgan fingerprint density at radius 1 is 0.833 bits per heavy atom. The van der Waals surface area contributed by atoms with Crippen molar-refractivity contribution in [3.63, 3.8) is 0 Å². The highest BCUT2D eigenvalue weighted by atomic mass is 16.1. The minimum absolute atomic E-state index is 0.198. The van der Waals surface area contributed by atoms with Crippen molar-refractivity contribution < 1.29 is 9.59 Å². The van der Waals surface area contributed by atoms with E-state index in [0.29, 0.717) is 55.3 Å². The third-order valence-corrected chi connectivity index (χ3v) is 13.3. The lowest BCUT2D eigenvalue weighted by molar-refractivity contribution is -0.120. The molecule has 3 heteroatoms. The quantitative estimate of drug-likeness (QED) is 0.137. The Labute approximate surface area is 260 Å². The van der Waals surface area contributed by atoms with E-state index in [9.17, 15) is 9.59 Å². The number of rotatable bonds is 17. The summed E-state index contributed by atoms with van der Waals surface area (Å²) >= 11 is 0. The summed E-state index contributed by atoms with van der Waals surface area (Å²) in [6.45, 7) is 13.2. The molecule has 4 aliphatic carbocycles. The number of hydrogen-bond donors (Lipinski definition) is 1. The molecule has 0 bridgehead atoms. The van der Waals surface area contributed by atoms with Crippen LogP contribution >= 0.6 is 0 Å². The van der Waals surface area contributed by atoms with E-state index in [1.807, 2.05) is 5.57 Å². The Morgan fingerprint density at radius 3 is 2.31 bits per heavy atom. The van der Waals surface area contributed by atoms with Gasteiger partial charge in [-0.05, 0) is 123 Å². The van der Waals surface area contributed by atoms with Gasteiger partial charge in [-0.25, -0.2) is 0 Å². The number of carbonyl (C=O) groups excluding carboxylic acids is 2. The first-order valence-electron chi connectivity index (χ1n) is 18.5. The van der Waals surface area contributed by atoms with Gasteiger partial charge in [0.25, 0.3) is 0 Å². The van der Waals surface area contributed by atoms with Crippen LogP contribution < -0.4 is 5.73 Å². The Balaban J connectivity index is 1.21. The third-order valence-electron chi connectivity index (χ3n) is 13.3. The highest BCUT2D eigenvalue weighted by Gasteiger charge is 2.59. The summed E-state index contributed by atoms with van der Waals surface area (Å²) in [6, 6.07) is 0. The van der Waals surface area contributed by atoms with Crippen molar-refractivity contribution in [3.05, 3.63) is 11.6 Å². The molecule has 3 nitrogen and oxygen atoms in total. The van der Waals surface area contributed by atoms with Crippen molar-refractivity contribution in [2.75, 3.05) is 6.54 Å². The molecular formula is C39H67NO2. The fourth-order valence-electron chi connectivity index (χ4n) is 10.8. The largest absolute Gasteiger partial charge is 0.330 e. The van der Waals surface area contributed by atoms with Crippen molar-refractivity contribution in [2.24, 2.45) is 58.0 Å². The molecule has 3 saturated carbocycles. The van der Waals surface area contributed by atoms with Crippen LogP contribution in [0.15, 0.2) is 11.6 Å². The summed E-state index contributed by atoms with van der Waals surface area (Å²) in [5, 5.41) is 0. The van der Waals surface area contributed by atoms with Gasteiger partial charge in [0.15, 0.2) is 0 Å². The van der Waals surface area contributed by atoms with E-state index < -0.39 is 0 Å². The summed E-state index contributed by atoms with van der Waals surface area (Å²) < 4.78 is 0. The maximum Gasteiger partial charge on any atom is 0.134 e. The summed E-state index contributed by atoms with van der Waals surface area (Å²) in [7, 11) is 0. The van der Waals surface area contributed by atoms with E-state index in [1.165, 1.54) is 89.9 Å². The molecule has 4 rings (SSSR count). The van der Waals surface area contributed by atoms with Gasteiger partial charge >= 0.3 is 0 Å². The molecule has 0 saturated heterocycles. The summed E-state index contributed by atoms with van der Waals surface area (Å²) in [5.41, 5.74) is 8.31. The van der Waals surface area contributed by atoms with E-state index in [-0.39, 0.29) is 5.78 Å². The lowest BCUT2D eigenvalue weighted by Gasteiger charge is -2.58. The molecule has 0 heterocycles. The molecule has 240 valence electrons. The van der Waals surface area contributed by atoms with Gasteiger partial charge in [-0.1, -0.05) is 84.8 Å². The van der Waals surface area contributed by atoms with Gasteiger partial charge in [0, 0.05) is 25.7 Å². The van der Waals surface area contributed by atoms with Crippen molar-refractivity contribution in [2.45, 2.75) is 163 Å². The Morgan fingerprint density at radius 2 is 1.57 bits per heavy atom. The van der Waals surface area contributed by atoms with E-state index in [2.05, 4.69) is 40.7 Å². The zero-order valence-corrected chi connectivity index (χ0v) is 28.4. The van der Waals surface area contributed by atoms with Gasteiger partial charge in [0.2, 0.25) is 0 Å². The fraction of sp³-hybridized carbons (Fsp3) is 0.897. The lowest BCUT2D eigenvalue weighted by Crippen LogP contribution is -2.50. The number of ketones is 2. The molecule has 0 aromatic rings. The molecular weight excluding hydrogens is 514 g/mol. The monoisotopic (exact) mass is 582 g/mol. The van der Waals surface area contributed by atoms with Gasteiger partial charge in [0.05, 0.1) is 0 Å². The summed E-state index contributed by atoms with van der Waals surface area (Å²) in [4.78, 5) is 23.8. The second-order valence-corrected chi connectivity index (χ2v) is 16.5. The number of carbonyl (C=O) groups is 2. The van der Waals surface area contributed by atoms with Crippen molar-refractivity contribution >= 4 is 11.6 Å². The van der Waals surface area contributed by atoms with E-state index in [0.717, 1.165) is 47.8 Å². The smallest absolute Gasteiger partial charge is 0.134 e. The fourth-order valence-corrected chi connectivity index (χ4v) is 10.8. The topological polar surface area (TPSA) is 60.2 Å². The first kappa shape index (κ1) is 33.9. The van der Waals surface area contributed by atoms with Gasteiger partial charge < -0.3 is 5.73 Å². The molecule has 0 aliphatic heterocycles. The van der Waals surface area contributed by atoms with Crippen LogP contribution in [0.5, 0.6) is 0 Å². The van der Waals surface area contributed by atoms with Crippen LogP contribution in [0.3, 0.4) is 0 Å². The highest BCUT2D eigenvalue weighted by molar-refractivity contribution is 5.81. The molecule has 8 atom stereocenters. The maximum atomic E-state index is 12.2. The van der Waals surface area contributed by atoms with Crippen LogP contribution in [-0.2, 0) is 9.59 Å². The normalized spacial score (nSPS) is 34.8. The molecule has 4 aliphatic rings. The average molecular weight is 582 g/mol. The third kappa shape index (κ3) is 8.00. The predicted molar refractivity (Wildman–Crippen MR) is 177 cm³/mol. The Kier molecular flexibility index (Phi) is 12.4. The molecule has 3 fully saturated rings. The van der Waals surface area contributed by atoms with Crippen LogP contribution in [0.25, 0.3) is 0 Å². The number of nitrogens with two attached hydrogens (primary N) is 1. The molecule has 42 heavy (non-hydrogen) atoms. The molecule has 0 aromatic heterocycles. The molecule has 0 amide bonds. The standard InChI is InChI=1S/C39H67NO2/c1-28(2)11-9-12-29(3)35-19-20-36-34-18-17-31-27-30(21-24-38(31,4)37(34)22-25-39(35,36)5)13-7-6-8-14-32(41)15-10-16-33(42)23-26-40/h17,28-30,34-37H,6-16,18-27,40H2,1-5H3/t29-,30+,34+,35?,36?,37?,38?,39?/m1/s1. The number of unbranched alkanes of at least 4 members (excludes halogenated alkanes) is 2. The number of hydrogen-bond acceptors (Lipinski definition) is 3. The molecule has 5 unspecified atom stereocenters. The number of allylic oxidation sites excluding steroid dienone is 2. The van der Waals surface area contributed by atoms with Crippen LogP contribution in [0.1, 0.15) is 163 Å². The number of Topliss-reactive ketones (excluding diaryl/α,β-unsaturated/α-hetero) is 2. The summed E-state index contributed by atoms with van der Waals surface area (Å²) in [5.74, 6) is 6.87. The van der Waals surface area contributed by atoms with Crippen molar-refractivity contribution in [3.8, 4) is 0 Å². The second kappa shape index (κ2) is 15.4. The first-order chi connectivity index (χ1) is 20.1. The van der Waals surface area contributed by atoms with Crippen molar-refractivity contribution in [1.82, 2.24) is 0 Å². The maximum absolute atomic E-state index is 12.2. The van der Waals surface area contributed by atoms with Crippen LogP contribution in [-0.4, -0.2) is 18.1 Å². The Hall–Kier alpha value is -0.960. The van der Waals surface area contributed by atoms with E-state index in [1.54, 1.807) is 0 Å². The van der Waals surface area contributed by atoms with Crippen LogP contribution in [0, 0.1) is 52.3 Å². The zero-order valence-electron chi connectivity index (χ0n) is 28.4. The first-order valence-corrected chi connectivity index (χ1v) is 18.5. The molecule has 0 radical (unpaired) electrons. The summed E-state index contributed by atoms with van der Waals surface area (Å²) in [6.07, 6.45) is 26.2.